The summed E-state index contributed by atoms with van der Waals surface area (Å²) in [6.07, 6.45) is -3.42. The standard InChI is InChI=1S/C12H15F3N2O2/c1-9(19-8-12(13,14)15)11(18)17-7-5-10-4-2-3-6-16-10/h2-4,6,9H,5,7-8H2,1H3,(H,17,18)/t9-/m0/s1. The second-order valence-corrected chi connectivity index (χ2v) is 3.93. The van der Waals surface area contributed by atoms with Gasteiger partial charge in [0.15, 0.2) is 0 Å². The molecule has 1 atom stereocenters. The molecule has 0 unspecified atom stereocenters. The van der Waals surface area contributed by atoms with Crippen LogP contribution >= 0.6 is 0 Å². The summed E-state index contributed by atoms with van der Waals surface area (Å²) in [6.45, 7) is 0.152. The molecular formula is C12H15F3N2O2. The lowest BCUT2D eigenvalue weighted by molar-refractivity contribution is -0.185. The minimum Gasteiger partial charge on any atom is -0.359 e. The van der Waals surface area contributed by atoms with Crippen molar-refractivity contribution in [2.75, 3.05) is 13.2 Å². The summed E-state index contributed by atoms with van der Waals surface area (Å²) in [4.78, 5) is 15.5. The number of carbonyl (C=O) groups is 1. The highest BCUT2D eigenvalue weighted by Crippen LogP contribution is 2.15. The molecule has 0 aliphatic carbocycles. The Kier molecular flexibility index (Phi) is 5.75. The summed E-state index contributed by atoms with van der Waals surface area (Å²) in [5.41, 5.74) is 0.798. The van der Waals surface area contributed by atoms with Crippen LogP contribution in [0.5, 0.6) is 0 Å². The van der Waals surface area contributed by atoms with E-state index in [1.807, 2.05) is 6.07 Å². The zero-order valence-electron chi connectivity index (χ0n) is 10.4. The predicted molar refractivity (Wildman–Crippen MR) is 62.4 cm³/mol. The lowest BCUT2D eigenvalue weighted by Gasteiger charge is -2.14. The zero-order chi connectivity index (χ0) is 14.3. The van der Waals surface area contributed by atoms with Gasteiger partial charge in [0.25, 0.3) is 0 Å². The number of pyridine rings is 1. The Morgan fingerprint density at radius 3 is 2.79 bits per heavy atom. The monoisotopic (exact) mass is 276 g/mol. The molecule has 106 valence electrons. The number of hydrogen-bond acceptors (Lipinski definition) is 3. The van der Waals surface area contributed by atoms with E-state index in [-0.39, 0.29) is 0 Å². The van der Waals surface area contributed by atoms with Crippen LogP contribution in [0.3, 0.4) is 0 Å². The number of hydrogen-bond donors (Lipinski definition) is 1. The van der Waals surface area contributed by atoms with Crippen LogP contribution in [0.4, 0.5) is 13.2 Å². The van der Waals surface area contributed by atoms with Gasteiger partial charge in [0, 0.05) is 24.9 Å². The Hall–Kier alpha value is -1.63. The fourth-order valence-electron chi connectivity index (χ4n) is 1.30. The number of ether oxygens (including phenoxy) is 1. The van der Waals surface area contributed by atoms with Crippen LogP contribution in [-0.2, 0) is 16.0 Å². The highest BCUT2D eigenvalue weighted by molar-refractivity contribution is 5.80. The molecule has 0 aliphatic rings. The van der Waals surface area contributed by atoms with Crippen LogP contribution < -0.4 is 5.32 Å². The molecule has 1 rings (SSSR count). The molecule has 0 bridgehead atoms. The summed E-state index contributed by atoms with van der Waals surface area (Å²) >= 11 is 0. The van der Waals surface area contributed by atoms with Gasteiger partial charge in [-0.1, -0.05) is 6.07 Å². The summed E-state index contributed by atoms with van der Waals surface area (Å²) in [6, 6.07) is 5.39. The van der Waals surface area contributed by atoms with E-state index in [2.05, 4.69) is 15.0 Å². The third kappa shape index (κ3) is 6.76. The first-order valence-electron chi connectivity index (χ1n) is 5.74. The van der Waals surface area contributed by atoms with Crippen molar-refractivity contribution in [3.63, 3.8) is 0 Å². The Bertz CT molecular complexity index is 396. The third-order valence-electron chi connectivity index (χ3n) is 2.27. The molecule has 0 saturated heterocycles. The van der Waals surface area contributed by atoms with E-state index in [1.54, 1.807) is 18.3 Å². The van der Waals surface area contributed by atoms with Crippen molar-refractivity contribution >= 4 is 5.91 Å². The molecule has 0 aliphatic heterocycles. The number of aromatic nitrogens is 1. The molecule has 0 fully saturated rings. The van der Waals surface area contributed by atoms with Crippen molar-refractivity contribution in [3.05, 3.63) is 30.1 Å². The lowest BCUT2D eigenvalue weighted by atomic mass is 10.2. The van der Waals surface area contributed by atoms with E-state index in [9.17, 15) is 18.0 Å². The van der Waals surface area contributed by atoms with Crippen molar-refractivity contribution in [3.8, 4) is 0 Å². The van der Waals surface area contributed by atoms with Crippen LogP contribution in [0.2, 0.25) is 0 Å². The molecule has 1 N–H and O–H groups in total. The summed E-state index contributed by atoms with van der Waals surface area (Å²) in [5, 5.41) is 2.50. The topological polar surface area (TPSA) is 51.2 Å². The van der Waals surface area contributed by atoms with Gasteiger partial charge in [0.1, 0.15) is 12.7 Å². The molecular weight excluding hydrogens is 261 g/mol. The average Bonchev–Trinajstić information content (AvgIpc) is 2.36. The lowest BCUT2D eigenvalue weighted by Crippen LogP contribution is -2.37. The Morgan fingerprint density at radius 2 is 2.21 bits per heavy atom. The number of carbonyl (C=O) groups excluding carboxylic acids is 1. The number of nitrogens with one attached hydrogen (secondary N) is 1. The Labute approximate surface area is 109 Å². The minimum absolute atomic E-state index is 0.301. The van der Waals surface area contributed by atoms with E-state index < -0.39 is 24.8 Å². The van der Waals surface area contributed by atoms with Crippen molar-refractivity contribution in [2.24, 2.45) is 0 Å². The number of amides is 1. The average molecular weight is 276 g/mol. The highest BCUT2D eigenvalue weighted by atomic mass is 19.4. The summed E-state index contributed by atoms with van der Waals surface area (Å²) in [7, 11) is 0. The maximum Gasteiger partial charge on any atom is 0.411 e. The third-order valence-corrected chi connectivity index (χ3v) is 2.27. The molecule has 1 aromatic heterocycles. The van der Waals surface area contributed by atoms with Gasteiger partial charge in [-0.05, 0) is 19.1 Å². The quantitative estimate of drug-likeness (QED) is 0.860. The van der Waals surface area contributed by atoms with Crippen LogP contribution in [0.15, 0.2) is 24.4 Å². The largest absolute Gasteiger partial charge is 0.411 e. The smallest absolute Gasteiger partial charge is 0.359 e. The minimum atomic E-state index is -4.43. The van der Waals surface area contributed by atoms with Gasteiger partial charge in [-0.3, -0.25) is 9.78 Å². The second-order valence-electron chi connectivity index (χ2n) is 3.93. The SMILES string of the molecule is C[C@H](OCC(F)(F)F)C(=O)NCCc1ccccn1. The first kappa shape index (κ1) is 15.4. The number of alkyl halides is 3. The first-order chi connectivity index (χ1) is 8.88. The van der Waals surface area contributed by atoms with E-state index in [4.69, 9.17) is 0 Å². The van der Waals surface area contributed by atoms with Gasteiger partial charge in [-0.25, -0.2) is 0 Å². The van der Waals surface area contributed by atoms with Crippen LogP contribution in [0, 0.1) is 0 Å². The van der Waals surface area contributed by atoms with Gasteiger partial charge in [0.05, 0.1) is 0 Å². The van der Waals surface area contributed by atoms with Gasteiger partial charge in [-0.15, -0.1) is 0 Å². The van der Waals surface area contributed by atoms with Crippen molar-refractivity contribution in [2.45, 2.75) is 25.6 Å². The fraction of sp³-hybridized carbons (Fsp3) is 0.500. The highest BCUT2D eigenvalue weighted by Gasteiger charge is 2.29. The fourth-order valence-corrected chi connectivity index (χ4v) is 1.30. The number of halogens is 3. The van der Waals surface area contributed by atoms with Crippen LogP contribution in [0.1, 0.15) is 12.6 Å². The normalized spacial score (nSPS) is 13.1. The molecule has 7 heteroatoms. The molecule has 0 spiro atoms. The predicted octanol–water partition coefficient (Wildman–Crippen LogP) is 1.71. The Balaban J connectivity index is 2.23. The first-order valence-corrected chi connectivity index (χ1v) is 5.74. The molecule has 0 aromatic carbocycles. The van der Waals surface area contributed by atoms with Gasteiger partial charge >= 0.3 is 6.18 Å². The van der Waals surface area contributed by atoms with Crippen LogP contribution in [0.25, 0.3) is 0 Å². The van der Waals surface area contributed by atoms with Gasteiger partial charge < -0.3 is 10.1 Å². The summed E-state index contributed by atoms with van der Waals surface area (Å²) in [5.74, 6) is -0.569. The van der Waals surface area contributed by atoms with E-state index >= 15 is 0 Å². The van der Waals surface area contributed by atoms with Crippen molar-refractivity contribution in [1.82, 2.24) is 10.3 Å². The molecule has 4 nitrogen and oxygen atoms in total. The zero-order valence-corrected chi connectivity index (χ0v) is 10.4. The molecule has 1 amide bonds. The van der Waals surface area contributed by atoms with E-state index in [0.29, 0.717) is 13.0 Å². The van der Waals surface area contributed by atoms with Crippen LogP contribution in [-0.4, -0.2) is 36.3 Å². The molecule has 1 heterocycles. The number of rotatable bonds is 6. The maximum atomic E-state index is 11.9. The van der Waals surface area contributed by atoms with Gasteiger partial charge in [-0.2, -0.15) is 13.2 Å². The van der Waals surface area contributed by atoms with Crippen molar-refractivity contribution in [1.29, 1.82) is 0 Å². The number of nitrogens with zero attached hydrogens (tertiary/aromatic N) is 1. The van der Waals surface area contributed by atoms with E-state index in [1.165, 1.54) is 6.92 Å². The molecule has 19 heavy (non-hydrogen) atoms. The molecule has 0 saturated carbocycles. The second kappa shape index (κ2) is 7.08. The summed E-state index contributed by atoms with van der Waals surface area (Å²) < 4.78 is 40.1. The van der Waals surface area contributed by atoms with E-state index in [0.717, 1.165) is 5.69 Å². The van der Waals surface area contributed by atoms with Gasteiger partial charge in [0.2, 0.25) is 5.91 Å². The Morgan fingerprint density at radius 1 is 1.47 bits per heavy atom. The molecule has 0 radical (unpaired) electrons. The van der Waals surface area contributed by atoms with Crippen molar-refractivity contribution < 1.29 is 22.7 Å². The maximum absolute atomic E-state index is 11.9. The molecule has 1 aromatic rings.